The molecule has 0 atom stereocenters. The summed E-state index contributed by atoms with van der Waals surface area (Å²) < 4.78 is 5.02. The minimum absolute atomic E-state index is 0.633. The van der Waals surface area contributed by atoms with Gasteiger partial charge in [-0.2, -0.15) is 0 Å². The van der Waals surface area contributed by atoms with Crippen molar-refractivity contribution in [3.8, 4) is 17.7 Å². The number of hydrogen-bond acceptors (Lipinski definition) is 3. The number of nitrogens with one attached hydrogen (secondary N) is 1. The maximum atomic E-state index is 5.02. The van der Waals surface area contributed by atoms with Gasteiger partial charge in [-0.25, -0.2) is 4.98 Å². The van der Waals surface area contributed by atoms with E-state index in [-0.39, 0.29) is 0 Å². The maximum absolute atomic E-state index is 5.02. The Hall–Kier alpha value is -1.53. The molecule has 0 aliphatic rings. The van der Waals surface area contributed by atoms with Gasteiger partial charge < -0.3 is 10.1 Å². The molecule has 0 aliphatic carbocycles. The molecular formula is C12H16N2O. The highest BCUT2D eigenvalue weighted by Crippen LogP contribution is 2.10. The predicted molar refractivity (Wildman–Crippen MR) is 60.9 cm³/mol. The van der Waals surface area contributed by atoms with E-state index in [9.17, 15) is 0 Å². The standard InChI is InChI=1S/C12H16N2O/c1-10-11(6-4-5-9-13-2)7-8-12(14-10)15-3/h7-8,13H,5,9H2,1-3H3. The van der Waals surface area contributed by atoms with Gasteiger partial charge in [0.05, 0.1) is 12.8 Å². The second kappa shape index (κ2) is 6.05. The second-order valence-electron chi connectivity index (χ2n) is 3.14. The molecule has 3 heteroatoms. The third-order valence-electron chi connectivity index (χ3n) is 1.99. The Balaban J connectivity index is 2.72. The van der Waals surface area contributed by atoms with Gasteiger partial charge in [-0.05, 0) is 20.0 Å². The number of hydrogen-bond donors (Lipinski definition) is 1. The largest absolute Gasteiger partial charge is 0.481 e. The summed E-state index contributed by atoms with van der Waals surface area (Å²) in [5.74, 6) is 6.81. The lowest BCUT2D eigenvalue weighted by molar-refractivity contribution is 0.397. The average molecular weight is 204 g/mol. The number of nitrogens with zero attached hydrogens (tertiary/aromatic N) is 1. The monoisotopic (exact) mass is 204 g/mol. The van der Waals surface area contributed by atoms with Crippen molar-refractivity contribution in [1.82, 2.24) is 10.3 Å². The molecule has 0 fully saturated rings. The van der Waals surface area contributed by atoms with E-state index in [1.807, 2.05) is 26.1 Å². The smallest absolute Gasteiger partial charge is 0.213 e. The Bertz CT molecular complexity index is 377. The third-order valence-corrected chi connectivity index (χ3v) is 1.99. The van der Waals surface area contributed by atoms with Gasteiger partial charge in [-0.3, -0.25) is 0 Å². The summed E-state index contributed by atoms with van der Waals surface area (Å²) in [6, 6.07) is 3.77. The van der Waals surface area contributed by atoms with Crippen LogP contribution >= 0.6 is 0 Å². The van der Waals surface area contributed by atoms with Crippen LogP contribution in [-0.2, 0) is 0 Å². The van der Waals surface area contributed by atoms with Crippen LogP contribution in [0, 0.1) is 18.8 Å². The molecule has 0 aliphatic heterocycles. The molecule has 0 bridgehead atoms. The number of pyridine rings is 1. The van der Waals surface area contributed by atoms with Crippen LogP contribution in [0.2, 0.25) is 0 Å². The van der Waals surface area contributed by atoms with Crippen LogP contribution in [0.4, 0.5) is 0 Å². The summed E-state index contributed by atoms with van der Waals surface area (Å²) in [7, 11) is 3.53. The van der Waals surface area contributed by atoms with Gasteiger partial charge in [-0.1, -0.05) is 11.8 Å². The maximum Gasteiger partial charge on any atom is 0.213 e. The van der Waals surface area contributed by atoms with Crippen molar-refractivity contribution in [2.45, 2.75) is 13.3 Å². The molecule has 1 heterocycles. The van der Waals surface area contributed by atoms with E-state index in [4.69, 9.17) is 4.74 Å². The normalized spacial score (nSPS) is 9.27. The first-order chi connectivity index (χ1) is 7.27. The van der Waals surface area contributed by atoms with Crippen LogP contribution in [0.5, 0.6) is 5.88 Å². The van der Waals surface area contributed by atoms with Crippen molar-refractivity contribution in [2.75, 3.05) is 20.7 Å². The summed E-state index contributed by atoms with van der Waals surface area (Å²) >= 11 is 0. The first-order valence-corrected chi connectivity index (χ1v) is 4.93. The van der Waals surface area contributed by atoms with Crippen molar-refractivity contribution >= 4 is 0 Å². The Labute approximate surface area is 90.9 Å². The van der Waals surface area contributed by atoms with Crippen molar-refractivity contribution in [3.05, 3.63) is 23.4 Å². The number of aromatic nitrogens is 1. The van der Waals surface area contributed by atoms with Crippen molar-refractivity contribution < 1.29 is 4.74 Å². The average Bonchev–Trinajstić information content (AvgIpc) is 2.26. The lowest BCUT2D eigenvalue weighted by Crippen LogP contribution is -2.05. The van der Waals surface area contributed by atoms with E-state index in [0.29, 0.717) is 5.88 Å². The molecule has 0 saturated carbocycles. The minimum atomic E-state index is 0.633. The van der Waals surface area contributed by atoms with Crippen LogP contribution in [-0.4, -0.2) is 25.7 Å². The summed E-state index contributed by atoms with van der Waals surface area (Å²) in [4.78, 5) is 4.25. The highest BCUT2D eigenvalue weighted by atomic mass is 16.5. The Morgan fingerprint density at radius 2 is 2.27 bits per heavy atom. The Morgan fingerprint density at radius 3 is 2.87 bits per heavy atom. The molecule has 0 radical (unpaired) electrons. The zero-order chi connectivity index (χ0) is 11.1. The lowest BCUT2D eigenvalue weighted by atomic mass is 10.2. The summed E-state index contributed by atoms with van der Waals surface area (Å²) in [5.41, 5.74) is 1.87. The molecule has 3 nitrogen and oxygen atoms in total. The predicted octanol–water partition coefficient (Wildman–Crippen LogP) is 1.36. The number of ether oxygens (including phenoxy) is 1. The molecule has 1 aromatic rings. The molecular weight excluding hydrogens is 188 g/mol. The zero-order valence-corrected chi connectivity index (χ0v) is 9.42. The molecule has 15 heavy (non-hydrogen) atoms. The van der Waals surface area contributed by atoms with E-state index in [1.54, 1.807) is 7.11 Å². The van der Waals surface area contributed by atoms with Gasteiger partial charge in [0.25, 0.3) is 0 Å². The fraction of sp³-hybridized carbons (Fsp3) is 0.417. The van der Waals surface area contributed by atoms with Gasteiger partial charge in [0.1, 0.15) is 0 Å². The van der Waals surface area contributed by atoms with Crippen molar-refractivity contribution in [1.29, 1.82) is 0 Å². The van der Waals surface area contributed by atoms with E-state index < -0.39 is 0 Å². The summed E-state index contributed by atoms with van der Waals surface area (Å²) in [6.07, 6.45) is 0.849. The third kappa shape index (κ3) is 3.61. The second-order valence-corrected chi connectivity index (χ2v) is 3.14. The molecule has 0 spiro atoms. The molecule has 1 rings (SSSR count). The van der Waals surface area contributed by atoms with Crippen LogP contribution < -0.4 is 10.1 Å². The quantitative estimate of drug-likeness (QED) is 0.596. The van der Waals surface area contributed by atoms with Crippen molar-refractivity contribution in [3.63, 3.8) is 0 Å². The van der Waals surface area contributed by atoms with E-state index in [2.05, 4.69) is 22.1 Å². The SMILES string of the molecule is CNCCC#Cc1ccc(OC)nc1C. The topological polar surface area (TPSA) is 34.1 Å². The number of rotatable bonds is 3. The van der Waals surface area contributed by atoms with E-state index in [1.165, 1.54) is 0 Å². The highest BCUT2D eigenvalue weighted by Gasteiger charge is 1.98. The van der Waals surface area contributed by atoms with Crippen LogP contribution in [0.25, 0.3) is 0 Å². The summed E-state index contributed by atoms with van der Waals surface area (Å²) in [6.45, 7) is 2.85. The van der Waals surface area contributed by atoms with Crippen LogP contribution in [0.15, 0.2) is 12.1 Å². The molecule has 0 amide bonds. The first kappa shape index (κ1) is 11.5. The molecule has 0 aromatic carbocycles. The molecule has 1 aromatic heterocycles. The minimum Gasteiger partial charge on any atom is -0.481 e. The lowest BCUT2D eigenvalue weighted by Gasteiger charge is -2.01. The fourth-order valence-corrected chi connectivity index (χ4v) is 1.13. The van der Waals surface area contributed by atoms with Gasteiger partial charge in [0, 0.05) is 24.6 Å². The number of methoxy groups -OCH3 is 1. The van der Waals surface area contributed by atoms with Crippen LogP contribution in [0.3, 0.4) is 0 Å². The van der Waals surface area contributed by atoms with E-state index in [0.717, 1.165) is 24.2 Å². The van der Waals surface area contributed by atoms with Crippen LogP contribution in [0.1, 0.15) is 17.7 Å². The Kier molecular flexibility index (Phi) is 4.65. The zero-order valence-electron chi connectivity index (χ0n) is 9.42. The van der Waals surface area contributed by atoms with Gasteiger partial charge in [-0.15, -0.1) is 0 Å². The molecule has 80 valence electrons. The van der Waals surface area contributed by atoms with Gasteiger partial charge >= 0.3 is 0 Å². The first-order valence-electron chi connectivity index (χ1n) is 4.93. The fourth-order valence-electron chi connectivity index (χ4n) is 1.13. The Morgan fingerprint density at radius 1 is 1.47 bits per heavy atom. The van der Waals surface area contributed by atoms with Gasteiger partial charge in [0.15, 0.2) is 0 Å². The summed E-state index contributed by atoms with van der Waals surface area (Å²) in [5, 5.41) is 3.05. The number of aryl methyl sites for hydroxylation is 1. The molecule has 0 unspecified atom stereocenters. The van der Waals surface area contributed by atoms with E-state index >= 15 is 0 Å². The molecule has 0 saturated heterocycles. The van der Waals surface area contributed by atoms with Crippen molar-refractivity contribution in [2.24, 2.45) is 0 Å². The molecule has 1 N–H and O–H groups in total. The van der Waals surface area contributed by atoms with Gasteiger partial charge in [0.2, 0.25) is 5.88 Å². The highest BCUT2D eigenvalue weighted by molar-refractivity contribution is 5.39.